The molecule has 6 nitrogen and oxygen atoms in total. The maximum atomic E-state index is 14.1. The number of halogens is 1. The van der Waals surface area contributed by atoms with Crippen LogP contribution in [0.5, 0.6) is 0 Å². The maximum absolute atomic E-state index is 14.1. The van der Waals surface area contributed by atoms with Gasteiger partial charge in [-0.3, -0.25) is 14.4 Å². The second kappa shape index (κ2) is 7.10. The van der Waals surface area contributed by atoms with Gasteiger partial charge in [-0.25, -0.2) is 4.39 Å². The molecule has 0 aliphatic carbocycles. The Morgan fingerprint density at radius 2 is 2.04 bits per heavy atom. The van der Waals surface area contributed by atoms with Crippen molar-refractivity contribution in [2.45, 2.75) is 51.4 Å². The van der Waals surface area contributed by atoms with E-state index in [1.807, 2.05) is 6.92 Å². The molecule has 3 unspecified atom stereocenters. The highest BCUT2D eigenvalue weighted by Crippen LogP contribution is 2.27. The van der Waals surface area contributed by atoms with Gasteiger partial charge in [-0.05, 0) is 32.3 Å². The van der Waals surface area contributed by atoms with Gasteiger partial charge in [0.15, 0.2) is 0 Å². The number of carbonyl (C=O) groups excluding carboxylic acids is 3. The monoisotopic (exact) mass is 327 g/mol. The lowest BCUT2D eigenvalue weighted by Crippen LogP contribution is -2.54. The molecule has 130 valence electrons. The zero-order chi connectivity index (χ0) is 17.9. The largest absolute Gasteiger partial charge is 0.368 e. The van der Waals surface area contributed by atoms with Crippen LogP contribution in [-0.4, -0.2) is 58.9 Å². The van der Waals surface area contributed by atoms with Crippen LogP contribution >= 0.6 is 0 Å². The molecule has 2 N–H and O–H groups in total. The van der Waals surface area contributed by atoms with Gasteiger partial charge in [-0.1, -0.05) is 13.5 Å². The summed E-state index contributed by atoms with van der Waals surface area (Å²) in [5.74, 6) is -1.40. The van der Waals surface area contributed by atoms with Crippen LogP contribution in [0.4, 0.5) is 4.39 Å². The second-order valence-electron chi connectivity index (χ2n) is 6.84. The molecular formula is C16H26FN3O3. The molecule has 7 heteroatoms. The minimum absolute atomic E-state index is 0.121. The number of hydrogen-bond donors (Lipinski definition) is 1. The van der Waals surface area contributed by atoms with Crippen molar-refractivity contribution >= 4 is 17.7 Å². The van der Waals surface area contributed by atoms with Gasteiger partial charge in [-0.15, -0.1) is 0 Å². The summed E-state index contributed by atoms with van der Waals surface area (Å²) >= 11 is 0. The van der Waals surface area contributed by atoms with Gasteiger partial charge in [0, 0.05) is 20.0 Å². The van der Waals surface area contributed by atoms with E-state index in [-0.39, 0.29) is 12.3 Å². The van der Waals surface area contributed by atoms with E-state index in [2.05, 4.69) is 6.58 Å². The first kappa shape index (κ1) is 19.1. The van der Waals surface area contributed by atoms with Gasteiger partial charge >= 0.3 is 0 Å². The van der Waals surface area contributed by atoms with Crippen LogP contribution in [0.1, 0.15) is 33.6 Å². The van der Waals surface area contributed by atoms with Crippen molar-refractivity contribution in [2.24, 2.45) is 11.7 Å². The SMILES string of the molecule is C=CC(=O)N(C)C(CC(C)(C)F)C(=O)N1CC(C)CC1C(N)=O. The number of rotatable bonds is 6. The fourth-order valence-electron chi connectivity index (χ4n) is 2.90. The molecule has 23 heavy (non-hydrogen) atoms. The Labute approximate surface area is 136 Å². The van der Waals surface area contributed by atoms with Gasteiger partial charge in [0.05, 0.1) is 0 Å². The first-order chi connectivity index (χ1) is 10.5. The van der Waals surface area contributed by atoms with Crippen molar-refractivity contribution in [3.05, 3.63) is 12.7 Å². The lowest BCUT2D eigenvalue weighted by Gasteiger charge is -2.34. The van der Waals surface area contributed by atoms with Crippen molar-refractivity contribution in [1.82, 2.24) is 9.80 Å². The smallest absolute Gasteiger partial charge is 0.246 e. The van der Waals surface area contributed by atoms with E-state index in [0.29, 0.717) is 13.0 Å². The number of hydrogen-bond acceptors (Lipinski definition) is 3. The molecule has 1 aliphatic heterocycles. The first-order valence-electron chi connectivity index (χ1n) is 7.66. The van der Waals surface area contributed by atoms with Crippen LogP contribution in [0.3, 0.4) is 0 Å². The van der Waals surface area contributed by atoms with Crippen LogP contribution in [0.25, 0.3) is 0 Å². The van der Waals surface area contributed by atoms with Crippen LogP contribution in [0.15, 0.2) is 12.7 Å². The predicted octanol–water partition coefficient (Wildman–Crippen LogP) is 0.860. The standard InChI is InChI=1S/C16H26FN3O3/c1-6-13(21)19(5)12(8-16(3,4)17)15(23)20-9-10(2)7-11(20)14(18)22/h6,10-12H,1,7-9H2,2-5H3,(H2,18,22). The number of nitrogens with two attached hydrogens (primary N) is 1. The van der Waals surface area contributed by atoms with Crippen molar-refractivity contribution in [3.63, 3.8) is 0 Å². The summed E-state index contributed by atoms with van der Waals surface area (Å²) < 4.78 is 14.1. The minimum Gasteiger partial charge on any atom is -0.368 e. The molecule has 1 aliphatic rings. The third kappa shape index (κ3) is 4.77. The molecule has 0 bridgehead atoms. The van der Waals surface area contributed by atoms with Crippen LogP contribution in [0, 0.1) is 5.92 Å². The lowest BCUT2D eigenvalue weighted by atomic mass is 9.98. The molecule has 0 aromatic carbocycles. The molecule has 0 aromatic heterocycles. The van der Waals surface area contributed by atoms with Gasteiger partial charge in [-0.2, -0.15) is 0 Å². The molecule has 0 radical (unpaired) electrons. The van der Waals surface area contributed by atoms with Crippen LogP contribution in [-0.2, 0) is 14.4 Å². The molecule has 0 aromatic rings. The Kier molecular flexibility index (Phi) is 5.91. The summed E-state index contributed by atoms with van der Waals surface area (Å²) in [4.78, 5) is 38.9. The highest BCUT2D eigenvalue weighted by molar-refractivity contribution is 5.94. The summed E-state index contributed by atoms with van der Waals surface area (Å²) in [6.45, 7) is 8.36. The number of likely N-dealkylation sites (N-methyl/N-ethyl adjacent to an activating group) is 1. The first-order valence-corrected chi connectivity index (χ1v) is 7.66. The van der Waals surface area contributed by atoms with Crippen LogP contribution < -0.4 is 5.73 Å². The Bertz CT molecular complexity index is 501. The van der Waals surface area contributed by atoms with Gasteiger partial charge in [0.25, 0.3) is 0 Å². The number of alkyl halides is 1. The van der Waals surface area contributed by atoms with E-state index in [9.17, 15) is 18.8 Å². The summed E-state index contributed by atoms with van der Waals surface area (Å²) in [5.41, 5.74) is 3.72. The predicted molar refractivity (Wildman–Crippen MR) is 85.0 cm³/mol. The van der Waals surface area contributed by atoms with Crippen molar-refractivity contribution in [1.29, 1.82) is 0 Å². The number of nitrogens with zero attached hydrogens (tertiary/aromatic N) is 2. The maximum Gasteiger partial charge on any atom is 0.246 e. The second-order valence-corrected chi connectivity index (χ2v) is 6.84. The fourth-order valence-corrected chi connectivity index (χ4v) is 2.90. The van der Waals surface area contributed by atoms with Crippen LogP contribution in [0.2, 0.25) is 0 Å². The molecule has 3 atom stereocenters. The van der Waals surface area contributed by atoms with E-state index in [4.69, 9.17) is 5.73 Å². The van der Waals surface area contributed by atoms with E-state index >= 15 is 0 Å². The zero-order valence-corrected chi connectivity index (χ0v) is 14.2. The lowest BCUT2D eigenvalue weighted by molar-refractivity contribution is -0.146. The van der Waals surface area contributed by atoms with E-state index in [1.165, 1.54) is 25.8 Å². The summed E-state index contributed by atoms with van der Waals surface area (Å²) in [7, 11) is 1.43. The summed E-state index contributed by atoms with van der Waals surface area (Å²) in [6.07, 6.45) is 1.38. The molecule has 0 saturated carbocycles. The van der Waals surface area contributed by atoms with Crippen molar-refractivity contribution < 1.29 is 18.8 Å². The number of likely N-dealkylation sites (tertiary alicyclic amines) is 1. The quantitative estimate of drug-likeness (QED) is 0.734. The molecular weight excluding hydrogens is 301 g/mol. The third-order valence-corrected chi connectivity index (χ3v) is 4.08. The average molecular weight is 327 g/mol. The minimum atomic E-state index is -1.65. The Balaban J connectivity index is 3.09. The molecule has 0 spiro atoms. The fraction of sp³-hybridized carbons (Fsp3) is 0.688. The molecule has 1 fully saturated rings. The highest BCUT2D eigenvalue weighted by Gasteiger charge is 2.42. The van der Waals surface area contributed by atoms with E-state index in [1.54, 1.807) is 0 Å². The van der Waals surface area contributed by atoms with Gasteiger partial charge in [0.2, 0.25) is 17.7 Å². The molecule has 1 heterocycles. The number of primary amides is 1. The Morgan fingerprint density at radius 1 is 1.48 bits per heavy atom. The van der Waals surface area contributed by atoms with E-state index < -0.39 is 35.5 Å². The number of amides is 3. The topological polar surface area (TPSA) is 83.7 Å². The van der Waals surface area contributed by atoms with Crippen molar-refractivity contribution in [3.8, 4) is 0 Å². The van der Waals surface area contributed by atoms with Gasteiger partial charge in [0.1, 0.15) is 17.8 Å². The third-order valence-electron chi connectivity index (χ3n) is 4.08. The Morgan fingerprint density at radius 3 is 2.48 bits per heavy atom. The normalized spacial score (nSPS) is 22.6. The van der Waals surface area contributed by atoms with Gasteiger partial charge < -0.3 is 15.5 Å². The average Bonchev–Trinajstić information content (AvgIpc) is 2.83. The summed E-state index contributed by atoms with van der Waals surface area (Å²) in [5, 5.41) is 0. The number of carbonyl (C=O) groups is 3. The van der Waals surface area contributed by atoms with E-state index in [0.717, 1.165) is 11.0 Å². The Hall–Kier alpha value is -1.92. The molecule has 1 saturated heterocycles. The highest BCUT2D eigenvalue weighted by atomic mass is 19.1. The summed E-state index contributed by atoms with van der Waals surface area (Å²) in [6, 6.07) is -1.72. The molecule has 3 amide bonds. The molecule has 1 rings (SSSR count). The zero-order valence-electron chi connectivity index (χ0n) is 14.2. The van der Waals surface area contributed by atoms with Crippen molar-refractivity contribution in [2.75, 3.05) is 13.6 Å².